The second kappa shape index (κ2) is 11.2. The predicted molar refractivity (Wildman–Crippen MR) is 159 cm³/mol. The molecule has 0 radical (unpaired) electrons. The number of anilines is 1. The summed E-state index contributed by atoms with van der Waals surface area (Å²) in [6.45, 7) is 3.99. The van der Waals surface area contributed by atoms with E-state index in [-0.39, 0.29) is 18.2 Å². The number of aromatic nitrogens is 4. The van der Waals surface area contributed by atoms with Gasteiger partial charge < -0.3 is 16.0 Å². The van der Waals surface area contributed by atoms with E-state index in [1.165, 1.54) is 0 Å². The Labute approximate surface area is 240 Å². The van der Waals surface area contributed by atoms with E-state index in [9.17, 15) is 9.59 Å². The summed E-state index contributed by atoms with van der Waals surface area (Å²) < 4.78 is 1.05. The molecule has 0 saturated heterocycles. The minimum Gasteiger partial charge on any atom is -0.344 e. The maximum absolute atomic E-state index is 13.8. The molecule has 4 N–H and O–H groups in total. The molecule has 200 valence electrons. The Morgan fingerprint density at radius 1 is 1.13 bits per heavy atom. The van der Waals surface area contributed by atoms with Crippen LogP contribution in [0, 0.1) is 3.57 Å². The number of benzene rings is 3. The van der Waals surface area contributed by atoms with Crippen molar-refractivity contribution in [1.82, 2.24) is 25.9 Å². The van der Waals surface area contributed by atoms with Gasteiger partial charge in [-0.25, -0.2) is 0 Å². The van der Waals surface area contributed by atoms with Gasteiger partial charge in [0.05, 0.1) is 6.54 Å². The standard InChI is InChI=1S/C29H30IN7O2/c1-29(2,31)16-26(38)32-24-14-12-20-11-13-21(30)15-25(20)37(28(24)39)17-18-7-9-19(10-8-18)22-5-3-4-6-23(22)27-33-35-36-34-27/h3-11,13,15,24H,12,14,16-17,31H2,1-2H3,(H,32,38)(H,33,34,35,36). The van der Waals surface area contributed by atoms with Crippen LogP contribution < -0.4 is 16.0 Å². The van der Waals surface area contributed by atoms with Crippen molar-refractivity contribution in [2.45, 2.75) is 51.2 Å². The molecule has 39 heavy (non-hydrogen) atoms. The van der Waals surface area contributed by atoms with Gasteiger partial charge in [0.1, 0.15) is 6.04 Å². The van der Waals surface area contributed by atoms with E-state index in [0.29, 0.717) is 25.2 Å². The van der Waals surface area contributed by atoms with Gasteiger partial charge >= 0.3 is 0 Å². The molecule has 1 unspecified atom stereocenters. The fourth-order valence-electron chi connectivity index (χ4n) is 4.86. The molecule has 2 heterocycles. The average molecular weight is 636 g/mol. The Kier molecular flexibility index (Phi) is 7.76. The van der Waals surface area contributed by atoms with Gasteiger partial charge in [0, 0.05) is 26.8 Å². The Hall–Kier alpha value is -3.64. The summed E-state index contributed by atoms with van der Waals surface area (Å²) in [5.74, 6) is 0.193. The van der Waals surface area contributed by atoms with Gasteiger partial charge in [0.25, 0.3) is 0 Å². The lowest BCUT2D eigenvalue weighted by Crippen LogP contribution is -2.49. The fraction of sp³-hybridized carbons (Fsp3) is 0.276. The zero-order valence-electron chi connectivity index (χ0n) is 21.8. The average Bonchev–Trinajstić information content (AvgIpc) is 3.41. The SMILES string of the molecule is CC(C)(N)CC(=O)NC1CCc2ccc(I)cc2N(Cc2ccc(-c3ccccc3-c3nn[nH]n3)cc2)C1=O. The van der Waals surface area contributed by atoms with E-state index in [2.05, 4.69) is 54.6 Å². The zero-order chi connectivity index (χ0) is 27.6. The van der Waals surface area contributed by atoms with E-state index >= 15 is 0 Å². The van der Waals surface area contributed by atoms with Gasteiger partial charge in [-0.15, -0.1) is 10.2 Å². The summed E-state index contributed by atoms with van der Waals surface area (Å²) >= 11 is 2.27. The number of rotatable bonds is 7. The van der Waals surface area contributed by atoms with Crippen molar-refractivity contribution in [1.29, 1.82) is 0 Å². The number of H-pyrrole nitrogens is 1. The first-order valence-corrected chi connectivity index (χ1v) is 13.9. The predicted octanol–water partition coefficient (Wildman–Crippen LogP) is 4.23. The van der Waals surface area contributed by atoms with Gasteiger partial charge in [0.15, 0.2) is 0 Å². The third kappa shape index (κ3) is 6.34. The first kappa shape index (κ1) is 26.9. The lowest BCUT2D eigenvalue weighted by Gasteiger charge is -2.27. The minimum absolute atomic E-state index is 0.120. The third-order valence-electron chi connectivity index (χ3n) is 6.67. The maximum Gasteiger partial charge on any atom is 0.249 e. The third-order valence-corrected chi connectivity index (χ3v) is 7.35. The molecule has 9 nitrogen and oxygen atoms in total. The lowest BCUT2D eigenvalue weighted by atomic mass is 9.98. The maximum atomic E-state index is 13.8. The number of tetrazole rings is 1. The molecule has 0 saturated carbocycles. The van der Waals surface area contributed by atoms with E-state index in [1.807, 2.05) is 60.7 Å². The Morgan fingerprint density at radius 2 is 1.87 bits per heavy atom. The first-order chi connectivity index (χ1) is 18.7. The Bertz CT molecular complexity index is 1480. The van der Waals surface area contributed by atoms with Crippen LogP contribution in [0.5, 0.6) is 0 Å². The summed E-state index contributed by atoms with van der Waals surface area (Å²) in [6.07, 6.45) is 1.37. The second-order valence-corrected chi connectivity index (χ2v) is 11.7. The van der Waals surface area contributed by atoms with Gasteiger partial charge in [-0.2, -0.15) is 5.21 Å². The highest BCUT2D eigenvalue weighted by Gasteiger charge is 2.32. The van der Waals surface area contributed by atoms with Gasteiger partial charge in [-0.05, 0) is 88.9 Å². The van der Waals surface area contributed by atoms with Gasteiger partial charge in [0.2, 0.25) is 17.6 Å². The molecule has 1 atom stereocenters. The highest BCUT2D eigenvalue weighted by Crippen LogP contribution is 2.32. The van der Waals surface area contributed by atoms with E-state index < -0.39 is 11.6 Å². The van der Waals surface area contributed by atoms with Crippen LogP contribution in [0.4, 0.5) is 5.69 Å². The van der Waals surface area contributed by atoms with Crippen molar-refractivity contribution < 1.29 is 9.59 Å². The topological polar surface area (TPSA) is 130 Å². The van der Waals surface area contributed by atoms with Crippen LogP contribution in [-0.4, -0.2) is 44.0 Å². The van der Waals surface area contributed by atoms with Crippen molar-refractivity contribution in [3.8, 4) is 22.5 Å². The number of carbonyl (C=O) groups is 2. The summed E-state index contributed by atoms with van der Waals surface area (Å²) in [4.78, 5) is 28.3. The number of halogens is 1. The highest BCUT2D eigenvalue weighted by molar-refractivity contribution is 14.1. The Morgan fingerprint density at radius 3 is 2.56 bits per heavy atom. The normalized spacial score (nSPS) is 15.5. The highest BCUT2D eigenvalue weighted by atomic mass is 127. The quantitative estimate of drug-likeness (QED) is 0.261. The number of fused-ring (bicyclic) bond motifs is 1. The number of nitrogens with zero attached hydrogens (tertiary/aromatic N) is 4. The number of hydrogen-bond acceptors (Lipinski definition) is 6. The van der Waals surface area contributed by atoms with Crippen LogP contribution in [0.25, 0.3) is 22.5 Å². The number of nitrogens with one attached hydrogen (secondary N) is 2. The van der Waals surface area contributed by atoms with Crippen molar-refractivity contribution in [2.75, 3.05) is 4.90 Å². The molecule has 1 aliphatic heterocycles. The molecule has 0 spiro atoms. The van der Waals surface area contributed by atoms with E-state index in [0.717, 1.165) is 37.1 Å². The van der Waals surface area contributed by atoms with E-state index in [1.54, 1.807) is 18.7 Å². The summed E-state index contributed by atoms with van der Waals surface area (Å²) in [6, 6.07) is 21.6. The molecule has 1 aliphatic rings. The van der Waals surface area contributed by atoms with Crippen LogP contribution >= 0.6 is 22.6 Å². The van der Waals surface area contributed by atoms with Gasteiger partial charge in [-0.3, -0.25) is 9.59 Å². The van der Waals surface area contributed by atoms with Gasteiger partial charge in [-0.1, -0.05) is 54.6 Å². The van der Waals surface area contributed by atoms with Crippen LogP contribution in [0.2, 0.25) is 0 Å². The number of amides is 2. The molecule has 4 aromatic rings. The number of aromatic amines is 1. The molecule has 2 amide bonds. The summed E-state index contributed by atoms with van der Waals surface area (Å²) in [7, 11) is 0. The fourth-order valence-corrected chi connectivity index (χ4v) is 5.34. The van der Waals surface area contributed by atoms with Crippen LogP contribution in [-0.2, 0) is 22.6 Å². The molecule has 10 heteroatoms. The van der Waals surface area contributed by atoms with Crippen molar-refractivity contribution >= 4 is 40.1 Å². The molecule has 3 aromatic carbocycles. The van der Waals surface area contributed by atoms with Crippen molar-refractivity contribution in [2.24, 2.45) is 5.73 Å². The molecular weight excluding hydrogens is 605 g/mol. The second-order valence-electron chi connectivity index (χ2n) is 10.5. The molecular formula is C29H30IN7O2. The zero-order valence-corrected chi connectivity index (χ0v) is 24.0. The van der Waals surface area contributed by atoms with Crippen molar-refractivity contribution in [3.63, 3.8) is 0 Å². The molecule has 0 aliphatic carbocycles. The van der Waals surface area contributed by atoms with Crippen molar-refractivity contribution in [3.05, 3.63) is 81.4 Å². The molecule has 1 aromatic heterocycles. The largest absolute Gasteiger partial charge is 0.344 e. The molecule has 5 rings (SSSR count). The molecule has 0 bridgehead atoms. The summed E-state index contributed by atoms with van der Waals surface area (Å²) in [5, 5.41) is 17.4. The first-order valence-electron chi connectivity index (χ1n) is 12.8. The van der Waals surface area contributed by atoms with E-state index in [4.69, 9.17) is 5.73 Å². The monoisotopic (exact) mass is 635 g/mol. The lowest BCUT2D eigenvalue weighted by molar-refractivity contribution is -0.128. The van der Waals surface area contributed by atoms with Crippen LogP contribution in [0.15, 0.2) is 66.7 Å². The Balaban J connectivity index is 1.42. The van der Waals surface area contributed by atoms with Crippen LogP contribution in [0.1, 0.15) is 37.8 Å². The number of carbonyl (C=O) groups excluding carboxylic acids is 2. The minimum atomic E-state index is -0.652. The van der Waals surface area contributed by atoms with Crippen LogP contribution in [0.3, 0.4) is 0 Å². The smallest absolute Gasteiger partial charge is 0.249 e. The number of aryl methyl sites for hydroxylation is 1. The summed E-state index contributed by atoms with van der Waals surface area (Å²) in [5.41, 5.74) is 11.2. The molecule has 0 fully saturated rings. The number of hydrogen-bond donors (Lipinski definition) is 3. The number of nitrogens with two attached hydrogens (primary N) is 1.